The fourth-order valence-electron chi connectivity index (χ4n) is 5.43. The zero-order chi connectivity index (χ0) is 12.7. The number of allylic oxidation sites excluding steroid dienone is 2. The molecule has 0 radical (unpaired) electrons. The Kier molecular flexibility index (Phi) is 3.46. The molecule has 0 amide bonds. The van der Waals surface area contributed by atoms with Crippen molar-refractivity contribution >= 4 is 0 Å². The second-order valence-corrected chi connectivity index (χ2v) is 7.97. The highest BCUT2D eigenvalue weighted by molar-refractivity contribution is 5.23. The maximum Gasteiger partial charge on any atom is -0.0283 e. The van der Waals surface area contributed by atoms with Gasteiger partial charge in [-0.1, -0.05) is 43.3 Å². The van der Waals surface area contributed by atoms with Crippen LogP contribution in [0.5, 0.6) is 0 Å². The molecule has 0 aromatic heterocycles. The number of hydrogen-bond acceptors (Lipinski definition) is 0. The molecule has 0 atom stereocenters. The van der Waals surface area contributed by atoms with Crippen molar-refractivity contribution in [3.63, 3.8) is 0 Å². The van der Waals surface area contributed by atoms with Gasteiger partial charge in [-0.3, -0.25) is 0 Å². The van der Waals surface area contributed by atoms with Crippen LogP contribution in [0.1, 0.15) is 83.5 Å². The summed E-state index contributed by atoms with van der Waals surface area (Å²) in [5.74, 6) is 4.55. The SMILES string of the molecule is C1CCC(=C2CC(C3CC(C4CCCC4)C3)C2)CC1. The summed E-state index contributed by atoms with van der Waals surface area (Å²) in [6.45, 7) is 0. The van der Waals surface area contributed by atoms with Crippen LogP contribution in [0.3, 0.4) is 0 Å². The van der Waals surface area contributed by atoms with Crippen molar-refractivity contribution in [3.8, 4) is 0 Å². The van der Waals surface area contributed by atoms with E-state index in [0.717, 1.165) is 23.7 Å². The third kappa shape index (κ3) is 2.41. The Bertz CT molecular complexity index is 336. The molecular weight excluding hydrogens is 228 g/mol. The third-order valence-corrected chi connectivity index (χ3v) is 6.92. The fraction of sp³-hybridized carbons (Fsp3) is 0.895. The van der Waals surface area contributed by atoms with E-state index < -0.39 is 0 Å². The first-order valence-electron chi connectivity index (χ1n) is 9.10. The first-order valence-corrected chi connectivity index (χ1v) is 9.10. The van der Waals surface area contributed by atoms with Crippen molar-refractivity contribution in [3.05, 3.63) is 11.1 Å². The largest absolute Gasteiger partial charge is 0.0710 e. The quantitative estimate of drug-likeness (QED) is 0.543. The third-order valence-electron chi connectivity index (χ3n) is 6.92. The second-order valence-electron chi connectivity index (χ2n) is 7.97. The summed E-state index contributed by atoms with van der Waals surface area (Å²) in [7, 11) is 0. The van der Waals surface area contributed by atoms with Crippen molar-refractivity contribution in [1.29, 1.82) is 0 Å². The van der Waals surface area contributed by atoms with Gasteiger partial charge in [0.1, 0.15) is 0 Å². The van der Waals surface area contributed by atoms with Crippen molar-refractivity contribution in [2.24, 2.45) is 23.7 Å². The molecule has 0 aromatic rings. The van der Waals surface area contributed by atoms with E-state index in [2.05, 4.69) is 0 Å². The van der Waals surface area contributed by atoms with Gasteiger partial charge in [0.2, 0.25) is 0 Å². The van der Waals surface area contributed by atoms with E-state index >= 15 is 0 Å². The van der Waals surface area contributed by atoms with Crippen LogP contribution in [-0.4, -0.2) is 0 Å². The molecule has 4 fully saturated rings. The van der Waals surface area contributed by atoms with Gasteiger partial charge in [-0.15, -0.1) is 0 Å². The first kappa shape index (κ1) is 12.5. The molecule has 0 aliphatic heterocycles. The topological polar surface area (TPSA) is 0 Å². The van der Waals surface area contributed by atoms with E-state index in [1.54, 1.807) is 25.7 Å². The monoisotopic (exact) mass is 258 g/mol. The summed E-state index contributed by atoms with van der Waals surface area (Å²) in [6, 6.07) is 0. The molecule has 4 saturated carbocycles. The summed E-state index contributed by atoms with van der Waals surface area (Å²) in [5.41, 5.74) is 3.81. The minimum Gasteiger partial charge on any atom is -0.0710 e. The smallest absolute Gasteiger partial charge is 0.0283 e. The van der Waals surface area contributed by atoms with Gasteiger partial charge >= 0.3 is 0 Å². The Morgan fingerprint density at radius 1 is 0.526 bits per heavy atom. The molecular formula is C19H30. The molecule has 0 nitrogen and oxygen atoms in total. The van der Waals surface area contributed by atoms with Gasteiger partial charge in [-0.2, -0.15) is 0 Å². The molecule has 0 bridgehead atoms. The lowest BCUT2D eigenvalue weighted by Gasteiger charge is -2.48. The number of rotatable bonds is 2. The van der Waals surface area contributed by atoms with E-state index in [4.69, 9.17) is 0 Å². The van der Waals surface area contributed by atoms with E-state index in [1.807, 2.05) is 11.1 Å². The Balaban J connectivity index is 1.24. The molecule has 0 N–H and O–H groups in total. The van der Waals surface area contributed by atoms with Crippen LogP contribution in [0.4, 0.5) is 0 Å². The summed E-state index contributed by atoms with van der Waals surface area (Å²) in [5, 5.41) is 0. The van der Waals surface area contributed by atoms with Gasteiger partial charge < -0.3 is 0 Å². The molecule has 4 aliphatic carbocycles. The zero-order valence-electron chi connectivity index (χ0n) is 12.5. The van der Waals surface area contributed by atoms with Crippen LogP contribution in [0, 0.1) is 23.7 Å². The van der Waals surface area contributed by atoms with E-state index in [0.29, 0.717) is 0 Å². The highest BCUT2D eigenvalue weighted by atomic mass is 14.5. The van der Waals surface area contributed by atoms with Crippen LogP contribution < -0.4 is 0 Å². The van der Waals surface area contributed by atoms with E-state index in [9.17, 15) is 0 Å². The molecule has 4 rings (SSSR count). The average molecular weight is 258 g/mol. The summed E-state index contributed by atoms with van der Waals surface area (Å²) < 4.78 is 0. The standard InChI is InChI=1S/C19H30/c1-2-6-14(7-3-1)16-10-18(11-16)19-12-17(13-19)15-8-4-5-9-15/h15,17-19H,1-13H2. The highest BCUT2D eigenvalue weighted by Gasteiger charge is 2.42. The predicted octanol–water partition coefficient (Wildman–Crippen LogP) is 5.87. The lowest BCUT2D eigenvalue weighted by molar-refractivity contribution is 0.0602. The first-order chi connectivity index (χ1) is 9.40. The van der Waals surface area contributed by atoms with Crippen LogP contribution in [0.25, 0.3) is 0 Å². The van der Waals surface area contributed by atoms with Gasteiger partial charge in [0.25, 0.3) is 0 Å². The van der Waals surface area contributed by atoms with Crippen LogP contribution >= 0.6 is 0 Å². The molecule has 0 unspecified atom stereocenters. The highest BCUT2D eigenvalue weighted by Crippen LogP contribution is 2.54. The zero-order valence-corrected chi connectivity index (χ0v) is 12.5. The lowest BCUT2D eigenvalue weighted by atomic mass is 9.57. The van der Waals surface area contributed by atoms with Crippen LogP contribution in [-0.2, 0) is 0 Å². The van der Waals surface area contributed by atoms with Gasteiger partial charge in [0.05, 0.1) is 0 Å². The second kappa shape index (κ2) is 5.26. The van der Waals surface area contributed by atoms with E-state index in [-0.39, 0.29) is 0 Å². The molecule has 4 aliphatic rings. The molecule has 19 heavy (non-hydrogen) atoms. The minimum atomic E-state index is 1.11. The van der Waals surface area contributed by atoms with Gasteiger partial charge in [0.15, 0.2) is 0 Å². The van der Waals surface area contributed by atoms with Gasteiger partial charge in [-0.05, 0) is 75.0 Å². The van der Waals surface area contributed by atoms with Crippen molar-refractivity contribution in [2.45, 2.75) is 83.5 Å². The molecule has 0 saturated heterocycles. The minimum absolute atomic E-state index is 1.11. The van der Waals surface area contributed by atoms with Crippen molar-refractivity contribution in [1.82, 2.24) is 0 Å². The van der Waals surface area contributed by atoms with E-state index in [1.165, 1.54) is 57.8 Å². The molecule has 0 aromatic carbocycles. The van der Waals surface area contributed by atoms with Crippen molar-refractivity contribution in [2.75, 3.05) is 0 Å². The maximum atomic E-state index is 1.91. The fourth-order valence-corrected chi connectivity index (χ4v) is 5.43. The van der Waals surface area contributed by atoms with Crippen LogP contribution in [0.15, 0.2) is 11.1 Å². The summed E-state index contributed by atoms with van der Waals surface area (Å²) in [6.07, 6.45) is 19.8. The molecule has 0 heterocycles. The van der Waals surface area contributed by atoms with Gasteiger partial charge in [-0.25, -0.2) is 0 Å². The summed E-state index contributed by atoms with van der Waals surface area (Å²) in [4.78, 5) is 0. The molecule has 0 heteroatoms. The summed E-state index contributed by atoms with van der Waals surface area (Å²) >= 11 is 0. The Hall–Kier alpha value is -0.260. The molecule has 106 valence electrons. The predicted molar refractivity (Wildman–Crippen MR) is 81.0 cm³/mol. The molecule has 0 spiro atoms. The Labute approximate surface area is 119 Å². The average Bonchev–Trinajstić information content (AvgIpc) is 2.85. The lowest BCUT2D eigenvalue weighted by Crippen LogP contribution is -2.37. The van der Waals surface area contributed by atoms with Gasteiger partial charge in [0, 0.05) is 0 Å². The Morgan fingerprint density at radius 2 is 1.16 bits per heavy atom. The number of hydrogen-bond donors (Lipinski definition) is 0. The normalized spacial score (nSPS) is 40.1. The maximum absolute atomic E-state index is 1.91. The Morgan fingerprint density at radius 3 is 1.84 bits per heavy atom. The van der Waals surface area contributed by atoms with Crippen molar-refractivity contribution < 1.29 is 0 Å². The van der Waals surface area contributed by atoms with Crippen LogP contribution in [0.2, 0.25) is 0 Å².